The van der Waals surface area contributed by atoms with Gasteiger partial charge in [0.2, 0.25) is 5.89 Å². The van der Waals surface area contributed by atoms with E-state index < -0.39 is 0 Å². The van der Waals surface area contributed by atoms with Crippen LogP contribution in [0.25, 0.3) is 0 Å². The lowest BCUT2D eigenvalue weighted by Gasteiger charge is -2.35. The van der Waals surface area contributed by atoms with Gasteiger partial charge in [-0.3, -0.25) is 4.90 Å². The van der Waals surface area contributed by atoms with Crippen molar-refractivity contribution in [3.8, 4) is 5.75 Å². The minimum Gasteiger partial charge on any atom is -0.484 e. The van der Waals surface area contributed by atoms with Gasteiger partial charge in [0.1, 0.15) is 11.6 Å². The first-order valence-corrected chi connectivity index (χ1v) is 8.98. The third-order valence-electron chi connectivity index (χ3n) is 4.54. The zero-order valence-electron chi connectivity index (χ0n) is 14.9. The summed E-state index contributed by atoms with van der Waals surface area (Å²) in [6.45, 7) is 4.41. The van der Waals surface area contributed by atoms with Gasteiger partial charge in [0, 0.05) is 31.9 Å². The lowest BCUT2D eigenvalue weighted by atomic mass is 10.2. The molecule has 0 radical (unpaired) electrons. The molecule has 3 aromatic rings. The Bertz CT molecular complexity index is 846. The van der Waals surface area contributed by atoms with Gasteiger partial charge in [-0.05, 0) is 36.4 Å². The summed E-state index contributed by atoms with van der Waals surface area (Å²) in [5.41, 5.74) is 1.05. The fourth-order valence-electron chi connectivity index (χ4n) is 3.08. The topological polar surface area (TPSA) is 54.6 Å². The number of hydrogen-bond acceptors (Lipinski definition) is 6. The third kappa shape index (κ3) is 4.62. The molecule has 2 aromatic carbocycles. The zero-order valence-corrected chi connectivity index (χ0v) is 14.9. The zero-order chi connectivity index (χ0) is 18.5. The van der Waals surface area contributed by atoms with Crippen molar-refractivity contribution in [1.29, 1.82) is 0 Å². The number of piperazine rings is 1. The Hall–Kier alpha value is -2.93. The molecule has 1 fully saturated rings. The molecular formula is C20H21FN4O2. The molecule has 0 bridgehead atoms. The van der Waals surface area contributed by atoms with Crippen LogP contribution < -0.4 is 9.64 Å². The van der Waals surface area contributed by atoms with Crippen molar-refractivity contribution in [1.82, 2.24) is 15.1 Å². The highest BCUT2D eigenvalue weighted by Crippen LogP contribution is 2.18. The molecule has 2 heterocycles. The summed E-state index contributed by atoms with van der Waals surface area (Å²) in [6.07, 6.45) is 0. The van der Waals surface area contributed by atoms with Crippen LogP contribution in [0, 0.1) is 5.82 Å². The molecule has 0 unspecified atom stereocenters. The summed E-state index contributed by atoms with van der Waals surface area (Å²) in [4.78, 5) is 4.53. The predicted octanol–water partition coefficient (Wildman–Crippen LogP) is 3.11. The number of aromatic nitrogens is 2. The largest absolute Gasteiger partial charge is 0.484 e. The van der Waals surface area contributed by atoms with Crippen molar-refractivity contribution in [2.24, 2.45) is 0 Å². The maximum absolute atomic E-state index is 13.1. The van der Waals surface area contributed by atoms with E-state index in [2.05, 4.69) is 20.0 Å². The molecule has 0 N–H and O–H groups in total. The average molecular weight is 368 g/mol. The number of halogens is 1. The number of anilines is 1. The number of ether oxygens (including phenoxy) is 1. The average Bonchev–Trinajstić information content (AvgIpc) is 3.16. The Labute approximate surface area is 157 Å². The van der Waals surface area contributed by atoms with Crippen LogP contribution in [0.4, 0.5) is 10.1 Å². The SMILES string of the molecule is Fc1ccc(N2CCN(Cc3nnc(COc4ccccc4)o3)CC2)cc1. The van der Waals surface area contributed by atoms with E-state index in [1.165, 1.54) is 12.1 Å². The Kier molecular flexibility index (Phi) is 5.29. The molecule has 0 saturated carbocycles. The van der Waals surface area contributed by atoms with Crippen LogP contribution >= 0.6 is 0 Å². The van der Waals surface area contributed by atoms with Crippen molar-refractivity contribution in [2.75, 3.05) is 31.1 Å². The summed E-state index contributed by atoms with van der Waals surface area (Å²) in [5, 5.41) is 8.17. The van der Waals surface area contributed by atoms with Crippen LogP contribution in [0.2, 0.25) is 0 Å². The second kappa shape index (κ2) is 8.18. The summed E-state index contributed by atoms with van der Waals surface area (Å²) in [6, 6.07) is 16.2. The maximum Gasteiger partial charge on any atom is 0.253 e. The lowest BCUT2D eigenvalue weighted by molar-refractivity contribution is 0.214. The van der Waals surface area contributed by atoms with Crippen LogP contribution in [-0.4, -0.2) is 41.3 Å². The van der Waals surface area contributed by atoms with E-state index in [1.54, 1.807) is 0 Å². The molecular weight excluding hydrogens is 347 g/mol. The van der Waals surface area contributed by atoms with Crippen LogP contribution in [-0.2, 0) is 13.2 Å². The van der Waals surface area contributed by atoms with Gasteiger partial charge in [-0.15, -0.1) is 10.2 Å². The molecule has 0 atom stereocenters. The smallest absolute Gasteiger partial charge is 0.253 e. The molecule has 1 aliphatic rings. The summed E-state index contributed by atoms with van der Waals surface area (Å²) in [7, 11) is 0. The van der Waals surface area contributed by atoms with Gasteiger partial charge in [0.05, 0.1) is 6.54 Å². The first kappa shape index (κ1) is 17.5. The van der Waals surface area contributed by atoms with Crippen molar-refractivity contribution in [2.45, 2.75) is 13.2 Å². The first-order chi connectivity index (χ1) is 13.3. The molecule has 4 rings (SSSR count). The molecule has 1 aromatic heterocycles. The molecule has 1 saturated heterocycles. The van der Waals surface area contributed by atoms with E-state index in [-0.39, 0.29) is 12.4 Å². The van der Waals surface area contributed by atoms with E-state index >= 15 is 0 Å². The van der Waals surface area contributed by atoms with Gasteiger partial charge in [-0.25, -0.2) is 4.39 Å². The van der Waals surface area contributed by atoms with Gasteiger partial charge in [-0.1, -0.05) is 18.2 Å². The minimum absolute atomic E-state index is 0.208. The van der Waals surface area contributed by atoms with E-state index in [4.69, 9.17) is 9.15 Å². The molecule has 0 aliphatic carbocycles. The van der Waals surface area contributed by atoms with E-state index in [9.17, 15) is 4.39 Å². The Morgan fingerprint density at radius 1 is 0.889 bits per heavy atom. The summed E-state index contributed by atoms with van der Waals surface area (Å²) >= 11 is 0. The van der Waals surface area contributed by atoms with Crippen LogP contribution in [0.5, 0.6) is 5.75 Å². The molecule has 6 nitrogen and oxygen atoms in total. The third-order valence-corrected chi connectivity index (χ3v) is 4.54. The van der Waals surface area contributed by atoms with Crippen molar-refractivity contribution < 1.29 is 13.5 Å². The minimum atomic E-state index is -0.208. The van der Waals surface area contributed by atoms with Crippen molar-refractivity contribution in [3.05, 3.63) is 72.2 Å². The normalized spacial score (nSPS) is 15.1. The fraction of sp³-hybridized carbons (Fsp3) is 0.300. The van der Waals surface area contributed by atoms with E-state index in [1.807, 2.05) is 42.5 Å². The molecule has 0 amide bonds. The highest BCUT2D eigenvalue weighted by atomic mass is 19.1. The Morgan fingerprint density at radius 2 is 1.59 bits per heavy atom. The van der Waals surface area contributed by atoms with Gasteiger partial charge < -0.3 is 14.1 Å². The predicted molar refractivity (Wildman–Crippen MR) is 99.0 cm³/mol. The van der Waals surface area contributed by atoms with E-state index in [0.717, 1.165) is 37.6 Å². The lowest BCUT2D eigenvalue weighted by Crippen LogP contribution is -2.46. The number of para-hydroxylation sites is 1. The summed E-state index contributed by atoms with van der Waals surface area (Å²) < 4.78 is 24.4. The van der Waals surface area contributed by atoms with Gasteiger partial charge in [-0.2, -0.15) is 0 Å². The number of rotatable bonds is 6. The molecule has 27 heavy (non-hydrogen) atoms. The Morgan fingerprint density at radius 3 is 2.33 bits per heavy atom. The molecule has 0 spiro atoms. The molecule has 7 heteroatoms. The second-order valence-corrected chi connectivity index (χ2v) is 6.43. The number of nitrogens with zero attached hydrogens (tertiary/aromatic N) is 4. The van der Waals surface area contributed by atoms with Crippen LogP contribution in [0.1, 0.15) is 11.8 Å². The summed E-state index contributed by atoms with van der Waals surface area (Å²) in [5.74, 6) is 1.63. The standard InChI is InChI=1S/C20H21FN4O2/c21-16-6-8-17(9-7-16)25-12-10-24(11-13-25)14-19-22-23-20(27-19)15-26-18-4-2-1-3-5-18/h1-9H,10-15H2. The van der Waals surface area contributed by atoms with Crippen LogP contribution in [0.15, 0.2) is 59.0 Å². The highest BCUT2D eigenvalue weighted by molar-refractivity contribution is 5.46. The first-order valence-electron chi connectivity index (χ1n) is 8.98. The van der Waals surface area contributed by atoms with Gasteiger partial charge in [0.15, 0.2) is 6.61 Å². The maximum atomic E-state index is 13.1. The molecule has 1 aliphatic heterocycles. The van der Waals surface area contributed by atoms with E-state index in [0.29, 0.717) is 18.3 Å². The molecule has 140 valence electrons. The van der Waals surface area contributed by atoms with Gasteiger partial charge >= 0.3 is 0 Å². The second-order valence-electron chi connectivity index (χ2n) is 6.43. The fourth-order valence-corrected chi connectivity index (χ4v) is 3.08. The van der Waals surface area contributed by atoms with Crippen molar-refractivity contribution in [3.63, 3.8) is 0 Å². The van der Waals surface area contributed by atoms with Gasteiger partial charge in [0.25, 0.3) is 5.89 Å². The van der Waals surface area contributed by atoms with Crippen molar-refractivity contribution >= 4 is 5.69 Å². The monoisotopic (exact) mass is 368 g/mol. The highest BCUT2D eigenvalue weighted by Gasteiger charge is 2.19. The van der Waals surface area contributed by atoms with Crippen LogP contribution in [0.3, 0.4) is 0 Å². The quantitative estimate of drug-likeness (QED) is 0.666. The Balaban J connectivity index is 1.26. The number of hydrogen-bond donors (Lipinski definition) is 0. The number of benzene rings is 2.